The van der Waals surface area contributed by atoms with Gasteiger partial charge >= 0.3 is 5.97 Å². The summed E-state index contributed by atoms with van der Waals surface area (Å²) >= 11 is 3.41. The van der Waals surface area contributed by atoms with Crippen LogP contribution in [0, 0.1) is 0 Å². The summed E-state index contributed by atoms with van der Waals surface area (Å²) in [6.45, 7) is 0. The van der Waals surface area contributed by atoms with Gasteiger partial charge in [-0.2, -0.15) is 0 Å². The van der Waals surface area contributed by atoms with E-state index in [2.05, 4.69) is 20.9 Å². The lowest BCUT2D eigenvalue weighted by Crippen LogP contribution is -1.94. The van der Waals surface area contributed by atoms with Crippen molar-refractivity contribution in [2.75, 3.05) is 7.11 Å². The summed E-state index contributed by atoms with van der Waals surface area (Å²) < 4.78 is 6.00. The molecule has 0 saturated heterocycles. The Hall–Kier alpha value is -2.14. The molecule has 0 aliphatic heterocycles. The first-order valence-electron chi connectivity index (χ1n) is 5.81. The number of aromatic carboxylic acids is 1. The molecule has 0 atom stereocenters. The van der Waals surface area contributed by atoms with Crippen LogP contribution in [0.3, 0.4) is 0 Å². The maximum atomic E-state index is 10.7. The van der Waals surface area contributed by atoms with Crippen LogP contribution in [0.15, 0.2) is 51.9 Å². The van der Waals surface area contributed by atoms with Crippen LogP contribution in [-0.4, -0.2) is 24.4 Å². The van der Waals surface area contributed by atoms with Gasteiger partial charge in [0.15, 0.2) is 0 Å². The van der Waals surface area contributed by atoms with Crippen LogP contribution in [-0.2, 0) is 0 Å². The molecule has 102 valence electrons. The Morgan fingerprint density at radius 1 is 1.25 bits per heavy atom. The van der Waals surface area contributed by atoms with E-state index < -0.39 is 5.97 Å². The van der Waals surface area contributed by atoms with Gasteiger partial charge in [-0.15, -0.1) is 0 Å². The largest absolute Gasteiger partial charge is 0.496 e. The van der Waals surface area contributed by atoms with Crippen LogP contribution >= 0.6 is 15.9 Å². The van der Waals surface area contributed by atoms with E-state index in [9.17, 15) is 4.79 Å². The Morgan fingerprint density at radius 2 is 1.95 bits per heavy atom. The van der Waals surface area contributed by atoms with Gasteiger partial charge in [0, 0.05) is 6.21 Å². The van der Waals surface area contributed by atoms with E-state index in [0.29, 0.717) is 5.69 Å². The molecule has 5 heteroatoms. The SMILES string of the molecule is COc1ccc(C=Nc2ccc(C(=O)O)cc2)cc1Br. The molecule has 2 aromatic carbocycles. The third-order valence-corrected chi connectivity index (χ3v) is 3.27. The van der Waals surface area contributed by atoms with Crippen molar-refractivity contribution in [3.63, 3.8) is 0 Å². The fourth-order valence-electron chi connectivity index (χ4n) is 1.60. The fraction of sp³-hybridized carbons (Fsp3) is 0.0667. The van der Waals surface area contributed by atoms with Gasteiger partial charge in [-0.3, -0.25) is 4.99 Å². The zero-order chi connectivity index (χ0) is 14.5. The fourth-order valence-corrected chi connectivity index (χ4v) is 2.16. The van der Waals surface area contributed by atoms with E-state index in [4.69, 9.17) is 9.84 Å². The molecule has 0 bridgehead atoms. The molecule has 0 saturated carbocycles. The number of carboxylic acids is 1. The first-order valence-corrected chi connectivity index (χ1v) is 6.60. The Kier molecular flexibility index (Phi) is 4.53. The zero-order valence-corrected chi connectivity index (χ0v) is 12.3. The van der Waals surface area contributed by atoms with Crippen LogP contribution in [0.2, 0.25) is 0 Å². The van der Waals surface area contributed by atoms with Crippen molar-refractivity contribution in [1.82, 2.24) is 0 Å². The van der Waals surface area contributed by atoms with E-state index in [1.807, 2.05) is 18.2 Å². The number of hydrogen-bond donors (Lipinski definition) is 1. The molecule has 0 unspecified atom stereocenters. The first-order chi connectivity index (χ1) is 9.60. The van der Waals surface area contributed by atoms with E-state index >= 15 is 0 Å². The summed E-state index contributed by atoms with van der Waals surface area (Å²) in [5.74, 6) is -0.187. The number of benzene rings is 2. The lowest BCUT2D eigenvalue weighted by Gasteiger charge is -2.03. The number of carbonyl (C=O) groups is 1. The molecule has 0 aliphatic carbocycles. The number of aliphatic imine (C=N–C) groups is 1. The summed E-state index contributed by atoms with van der Waals surface area (Å²) in [6, 6.07) is 12.0. The molecule has 0 aliphatic rings. The predicted molar refractivity (Wildman–Crippen MR) is 81.3 cm³/mol. The number of hydrogen-bond acceptors (Lipinski definition) is 3. The van der Waals surface area contributed by atoms with Crippen molar-refractivity contribution in [1.29, 1.82) is 0 Å². The molecule has 0 heterocycles. The van der Waals surface area contributed by atoms with Gasteiger partial charge in [-0.1, -0.05) is 0 Å². The number of methoxy groups -OCH3 is 1. The second kappa shape index (κ2) is 6.34. The molecule has 0 radical (unpaired) electrons. The minimum absolute atomic E-state index is 0.246. The Labute approximate surface area is 124 Å². The average molecular weight is 334 g/mol. The van der Waals surface area contributed by atoms with Crippen molar-refractivity contribution >= 4 is 33.8 Å². The molecule has 0 aromatic heterocycles. The van der Waals surface area contributed by atoms with Crippen molar-refractivity contribution in [3.8, 4) is 5.75 Å². The number of halogens is 1. The molecular weight excluding hydrogens is 322 g/mol. The highest BCUT2D eigenvalue weighted by atomic mass is 79.9. The van der Waals surface area contributed by atoms with E-state index in [1.54, 1.807) is 25.5 Å². The Balaban J connectivity index is 2.16. The highest BCUT2D eigenvalue weighted by Gasteiger charge is 2.01. The summed E-state index contributed by atoms with van der Waals surface area (Å²) in [5.41, 5.74) is 1.86. The lowest BCUT2D eigenvalue weighted by molar-refractivity contribution is 0.0697. The minimum Gasteiger partial charge on any atom is -0.496 e. The quantitative estimate of drug-likeness (QED) is 0.863. The molecule has 1 N–H and O–H groups in total. The van der Waals surface area contributed by atoms with Crippen molar-refractivity contribution in [2.45, 2.75) is 0 Å². The summed E-state index contributed by atoms with van der Waals surface area (Å²) in [5, 5.41) is 8.81. The predicted octanol–water partition coefficient (Wildman–Crippen LogP) is 3.91. The van der Waals surface area contributed by atoms with E-state index in [-0.39, 0.29) is 5.56 Å². The third-order valence-electron chi connectivity index (χ3n) is 2.65. The van der Waals surface area contributed by atoms with Crippen molar-refractivity contribution < 1.29 is 14.6 Å². The maximum absolute atomic E-state index is 10.7. The maximum Gasteiger partial charge on any atom is 0.335 e. The van der Waals surface area contributed by atoms with Crippen LogP contribution in [0.4, 0.5) is 5.69 Å². The van der Waals surface area contributed by atoms with Gasteiger partial charge < -0.3 is 9.84 Å². The Bertz CT molecular complexity index is 651. The average Bonchev–Trinajstić information content (AvgIpc) is 2.45. The topological polar surface area (TPSA) is 58.9 Å². The molecule has 4 nitrogen and oxygen atoms in total. The van der Waals surface area contributed by atoms with E-state index in [0.717, 1.165) is 15.8 Å². The minimum atomic E-state index is -0.945. The van der Waals surface area contributed by atoms with Gasteiger partial charge in [0.2, 0.25) is 0 Å². The molecule has 2 rings (SSSR count). The highest BCUT2D eigenvalue weighted by Crippen LogP contribution is 2.25. The first kappa shape index (κ1) is 14.3. The van der Waals surface area contributed by atoms with Crippen LogP contribution in [0.5, 0.6) is 5.75 Å². The summed E-state index contributed by atoms with van der Waals surface area (Å²) in [6.07, 6.45) is 1.71. The van der Waals surface area contributed by atoms with Crippen molar-refractivity contribution in [2.24, 2.45) is 4.99 Å². The van der Waals surface area contributed by atoms with Gasteiger partial charge in [0.1, 0.15) is 5.75 Å². The third kappa shape index (κ3) is 3.45. The Morgan fingerprint density at radius 3 is 2.50 bits per heavy atom. The van der Waals surface area contributed by atoms with Crippen molar-refractivity contribution in [3.05, 3.63) is 58.1 Å². The molecule has 2 aromatic rings. The van der Waals surface area contributed by atoms with Crippen LogP contribution in [0.1, 0.15) is 15.9 Å². The summed E-state index contributed by atoms with van der Waals surface area (Å²) in [4.78, 5) is 15.0. The smallest absolute Gasteiger partial charge is 0.335 e. The second-order valence-electron chi connectivity index (χ2n) is 4.00. The van der Waals surface area contributed by atoms with Gasteiger partial charge in [-0.05, 0) is 64.0 Å². The summed E-state index contributed by atoms with van der Waals surface area (Å²) in [7, 11) is 1.61. The van der Waals surface area contributed by atoms with Crippen LogP contribution < -0.4 is 4.74 Å². The van der Waals surface area contributed by atoms with E-state index in [1.165, 1.54) is 12.1 Å². The standard InChI is InChI=1S/C15H12BrNO3/c1-20-14-7-2-10(8-13(14)16)9-17-12-5-3-11(4-6-12)15(18)19/h2-9H,1H3,(H,18,19). The highest BCUT2D eigenvalue weighted by molar-refractivity contribution is 9.10. The molecule has 0 fully saturated rings. The normalized spacial score (nSPS) is 10.7. The van der Waals surface area contributed by atoms with Crippen LogP contribution in [0.25, 0.3) is 0 Å². The monoisotopic (exact) mass is 333 g/mol. The molecule has 20 heavy (non-hydrogen) atoms. The zero-order valence-electron chi connectivity index (χ0n) is 10.7. The molecule has 0 spiro atoms. The number of rotatable bonds is 4. The van der Waals surface area contributed by atoms with Gasteiger partial charge in [0.25, 0.3) is 0 Å². The number of ether oxygens (including phenoxy) is 1. The van der Waals surface area contributed by atoms with Gasteiger partial charge in [0.05, 0.1) is 22.8 Å². The number of carboxylic acid groups (broad SMARTS) is 1. The second-order valence-corrected chi connectivity index (χ2v) is 4.86. The lowest BCUT2D eigenvalue weighted by atomic mass is 10.2. The number of nitrogens with zero attached hydrogens (tertiary/aromatic N) is 1. The molecule has 0 amide bonds. The molecular formula is C15H12BrNO3. The van der Waals surface area contributed by atoms with Gasteiger partial charge in [-0.25, -0.2) is 4.79 Å².